The predicted octanol–water partition coefficient (Wildman–Crippen LogP) is 3.09. The van der Waals surface area contributed by atoms with Crippen LogP contribution < -0.4 is 15.5 Å². The van der Waals surface area contributed by atoms with Gasteiger partial charge in [0.2, 0.25) is 0 Å². The fraction of sp³-hybridized carbons (Fsp3) is 0.440. The van der Waals surface area contributed by atoms with Gasteiger partial charge in [-0.1, -0.05) is 35.4 Å². The van der Waals surface area contributed by atoms with E-state index in [0.717, 1.165) is 75.3 Å². The summed E-state index contributed by atoms with van der Waals surface area (Å²) in [7, 11) is -5.99. The number of aliphatic hydroxyl groups is 1. The van der Waals surface area contributed by atoms with E-state index in [1.807, 2.05) is 13.8 Å². The topological polar surface area (TPSA) is 168 Å². The second-order valence-electron chi connectivity index (χ2n) is 8.47. The average molecular weight is 555 g/mol. The number of aliphatic hydroxyl groups excluding tert-OH is 1. The monoisotopic (exact) mass is 554 g/mol. The van der Waals surface area contributed by atoms with Gasteiger partial charge >= 0.3 is 0 Å². The Morgan fingerprint density at radius 3 is 1.43 bits per heavy atom. The third kappa shape index (κ3) is 12.0. The van der Waals surface area contributed by atoms with Gasteiger partial charge in [0.1, 0.15) is 5.78 Å². The molecule has 0 bridgehead atoms. The Balaban J connectivity index is 0.000000296. The number of hydrogen-bond donors (Lipinski definition) is 4. The van der Waals surface area contributed by atoms with E-state index in [2.05, 4.69) is 9.93 Å². The molecule has 5 N–H and O–H groups in total. The van der Waals surface area contributed by atoms with Gasteiger partial charge in [-0.05, 0) is 76.6 Å². The van der Waals surface area contributed by atoms with E-state index in [-0.39, 0.29) is 9.79 Å². The van der Waals surface area contributed by atoms with Crippen molar-refractivity contribution in [1.82, 2.24) is 9.66 Å². The molecule has 37 heavy (non-hydrogen) atoms. The molecule has 2 aliphatic rings. The average Bonchev–Trinajstić information content (AvgIpc) is 3.60. The van der Waals surface area contributed by atoms with Crippen LogP contribution in [0.2, 0.25) is 0 Å². The molecule has 12 heteroatoms. The zero-order valence-electron chi connectivity index (χ0n) is 21.6. The van der Waals surface area contributed by atoms with E-state index < -0.39 is 20.0 Å². The third-order valence-corrected chi connectivity index (χ3v) is 7.91. The van der Waals surface area contributed by atoms with E-state index >= 15 is 0 Å². The normalized spacial score (nSPS) is 14.8. The van der Waals surface area contributed by atoms with Crippen molar-refractivity contribution in [2.45, 2.75) is 75.0 Å². The number of aryl methyl sites for hydroxylation is 2. The number of Topliss-reactive ketones (excluding diaryl/α,β-unsaturated/α-hetero) is 1. The first-order valence-electron chi connectivity index (χ1n) is 11.9. The smallest absolute Gasteiger partial charge is 0.276 e. The number of carbonyl (C=O) groups excluding carboxylic acids is 1. The van der Waals surface area contributed by atoms with Crippen LogP contribution >= 0.6 is 0 Å². The van der Waals surface area contributed by atoms with Gasteiger partial charge in [0, 0.05) is 25.7 Å². The first-order chi connectivity index (χ1) is 17.5. The Bertz CT molecular complexity index is 1190. The quantitative estimate of drug-likeness (QED) is 0.325. The molecular weight excluding hydrogens is 516 g/mol. The Kier molecular flexibility index (Phi) is 14.2. The Morgan fingerprint density at radius 2 is 1.08 bits per heavy atom. The molecule has 0 aliphatic heterocycles. The number of nitrogens with two attached hydrogens (primary N) is 1. The minimum absolute atomic E-state index is 0.176. The number of benzene rings is 2. The van der Waals surface area contributed by atoms with Gasteiger partial charge in [0.15, 0.2) is 0 Å². The molecule has 206 valence electrons. The van der Waals surface area contributed by atoms with E-state index in [0.29, 0.717) is 5.78 Å². The summed E-state index contributed by atoms with van der Waals surface area (Å²) >= 11 is 0. The number of carbonyl (C=O) groups is 1. The molecule has 0 atom stereocenters. The number of nitrogens with one attached hydrogen (secondary N) is 2. The Hall–Kier alpha value is -2.64. The highest BCUT2D eigenvalue weighted by molar-refractivity contribution is 7.89. The Morgan fingerprint density at radius 1 is 0.703 bits per heavy atom. The lowest BCUT2D eigenvalue weighted by Gasteiger charge is -2.04. The maximum atomic E-state index is 11.9. The fourth-order valence-electron chi connectivity index (χ4n) is 3.34. The number of hydrazone groups is 1. The Labute approximate surface area is 220 Å². The molecule has 0 heterocycles. The fourth-order valence-corrected chi connectivity index (χ4v) is 4.82. The van der Waals surface area contributed by atoms with Gasteiger partial charge in [-0.2, -0.15) is 18.4 Å². The first kappa shape index (κ1) is 32.4. The van der Waals surface area contributed by atoms with E-state index in [9.17, 15) is 21.6 Å². The van der Waals surface area contributed by atoms with E-state index in [1.54, 1.807) is 41.2 Å². The van der Waals surface area contributed by atoms with Gasteiger partial charge < -0.3 is 5.11 Å². The summed E-state index contributed by atoms with van der Waals surface area (Å²) in [5, 5.41) is 11.0. The SMILES string of the molecule is CO.Cc1ccc(S(=O)(=O)NN)cc1.Cc1ccc(S(=O)(=O)NN=C2CCCC2)cc1.O=C1CCCC1. The molecule has 0 radical (unpaired) electrons. The molecule has 0 unspecified atom stereocenters. The van der Waals surface area contributed by atoms with Crippen LogP contribution in [-0.2, 0) is 24.8 Å². The molecule has 0 saturated heterocycles. The first-order valence-corrected chi connectivity index (χ1v) is 14.9. The maximum absolute atomic E-state index is 11.9. The molecule has 0 amide bonds. The van der Waals surface area contributed by atoms with Crippen molar-refractivity contribution >= 4 is 31.5 Å². The van der Waals surface area contributed by atoms with Gasteiger partial charge in [-0.3, -0.25) is 10.6 Å². The largest absolute Gasteiger partial charge is 0.400 e. The molecule has 2 aromatic rings. The molecule has 0 spiro atoms. The van der Waals surface area contributed by atoms with Gasteiger partial charge in [0.05, 0.1) is 9.79 Å². The van der Waals surface area contributed by atoms with Crippen LogP contribution in [0.5, 0.6) is 0 Å². The van der Waals surface area contributed by atoms with Crippen molar-refractivity contribution in [2.75, 3.05) is 7.11 Å². The van der Waals surface area contributed by atoms with Crippen LogP contribution in [0.4, 0.5) is 0 Å². The number of ketones is 1. The van der Waals surface area contributed by atoms with Gasteiger partial charge in [-0.15, -0.1) is 0 Å². The molecule has 2 aliphatic carbocycles. The van der Waals surface area contributed by atoms with Crippen molar-refractivity contribution in [3.05, 3.63) is 59.7 Å². The summed E-state index contributed by atoms with van der Waals surface area (Å²) in [4.78, 5) is 14.7. The standard InChI is InChI=1S/C12H16N2O2S.C7H10N2O2S.C5H8O.CH4O/c1-10-6-8-12(9-7-10)17(15,16)14-13-11-4-2-3-5-11;1-6-2-4-7(5-3-6)12(10,11)9-8;6-5-3-1-2-4-5;1-2/h6-9,14H,2-5H2,1H3;2-5,9H,8H2,1H3;1-4H2;2H,1H3. The van der Waals surface area contributed by atoms with E-state index in [4.69, 9.17) is 10.9 Å². The van der Waals surface area contributed by atoms with E-state index in [1.165, 1.54) is 12.1 Å². The van der Waals surface area contributed by atoms with Crippen molar-refractivity contribution < 1.29 is 26.7 Å². The minimum atomic E-state index is -3.50. The van der Waals surface area contributed by atoms with Crippen LogP contribution in [0, 0.1) is 13.8 Å². The minimum Gasteiger partial charge on any atom is -0.400 e. The number of hydrogen-bond acceptors (Lipinski definition) is 8. The summed E-state index contributed by atoms with van der Waals surface area (Å²) in [6.45, 7) is 3.80. The highest BCUT2D eigenvalue weighted by Gasteiger charge is 2.14. The molecule has 2 fully saturated rings. The molecule has 0 aromatic heterocycles. The summed E-state index contributed by atoms with van der Waals surface area (Å²) in [5.41, 5.74) is 2.98. The zero-order chi connectivity index (χ0) is 27.9. The lowest BCUT2D eigenvalue weighted by Crippen LogP contribution is -2.30. The molecular formula is C25H38N4O6S2. The maximum Gasteiger partial charge on any atom is 0.276 e. The predicted molar refractivity (Wildman–Crippen MR) is 145 cm³/mol. The van der Waals surface area contributed by atoms with Crippen molar-refractivity contribution in [2.24, 2.45) is 10.9 Å². The van der Waals surface area contributed by atoms with Crippen LogP contribution in [0.3, 0.4) is 0 Å². The van der Waals surface area contributed by atoms with Crippen LogP contribution in [0.1, 0.15) is 62.5 Å². The highest BCUT2D eigenvalue weighted by Crippen LogP contribution is 2.15. The van der Waals surface area contributed by atoms with Crippen LogP contribution in [0.25, 0.3) is 0 Å². The summed E-state index contributed by atoms with van der Waals surface area (Å²) < 4.78 is 45.9. The lowest BCUT2D eigenvalue weighted by molar-refractivity contribution is -0.117. The number of sulfonamides is 2. The number of hydrazine groups is 1. The van der Waals surface area contributed by atoms with Crippen molar-refractivity contribution in [3.8, 4) is 0 Å². The number of nitrogens with zero attached hydrogens (tertiary/aromatic N) is 1. The second kappa shape index (κ2) is 16.3. The number of rotatable bonds is 5. The zero-order valence-corrected chi connectivity index (χ0v) is 23.2. The summed E-state index contributed by atoms with van der Waals surface area (Å²) in [6, 6.07) is 13.2. The molecule has 4 rings (SSSR count). The van der Waals surface area contributed by atoms with Crippen molar-refractivity contribution in [1.29, 1.82) is 0 Å². The molecule has 2 aromatic carbocycles. The summed E-state index contributed by atoms with van der Waals surface area (Å²) in [6.07, 6.45) is 7.97. The van der Waals surface area contributed by atoms with Crippen molar-refractivity contribution in [3.63, 3.8) is 0 Å². The molecule has 2 saturated carbocycles. The van der Waals surface area contributed by atoms with Crippen LogP contribution in [-0.4, -0.2) is 40.5 Å². The van der Waals surface area contributed by atoms with Crippen LogP contribution in [0.15, 0.2) is 63.4 Å². The molecule has 10 nitrogen and oxygen atoms in total. The highest BCUT2D eigenvalue weighted by atomic mass is 32.2. The summed E-state index contributed by atoms with van der Waals surface area (Å²) in [5.74, 6) is 5.29. The van der Waals surface area contributed by atoms with Gasteiger partial charge in [-0.25, -0.2) is 13.2 Å². The van der Waals surface area contributed by atoms with Gasteiger partial charge in [0.25, 0.3) is 20.0 Å². The lowest BCUT2D eigenvalue weighted by atomic mass is 10.2. The third-order valence-electron chi connectivity index (χ3n) is 5.48. The second-order valence-corrected chi connectivity index (χ2v) is 11.8.